The maximum absolute atomic E-state index is 12.0. The van der Waals surface area contributed by atoms with Gasteiger partial charge in [0.15, 0.2) is 11.5 Å². The molecule has 2 aromatic rings. The third kappa shape index (κ3) is 4.05. The van der Waals surface area contributed by atoms with Crippen molar-refractivity contribution in [2.75, 3.05) is 12.5 Å². The Morgan fingerprint density at radius 2 is 1.87 bits per heavy atom. The van der Waals surface area contributed by atoms with Crippen LogP contribution in [0.2, 0.25) is 10.0 Å². The molecule has 0 fully saturated rings. The van der Waals surface area contributed by atoms with Gasteiger partial charge in [0.25, 0.3) is 0 Å². The molecule has 0 unspecified atom stereocenters. The van der Waals surface area contributed by atoms with Crippen LogP contribution in [0, 0.1) is 0 Å². The third-order valence-corrected chi connectivity index (χ3v) is 5.18. The summed E-state index contributed by atoms with van der Waals surface area (Å²) in [5.74, 6) is 1.58. The van der Waals surface area contributed by atoms with Gasteiger partial charge in [0.05, 0.1) is 15.8 Å². The van der Waals surface area contributed by atoms with E-state index in [0.717, 1.165) is 11.3 Å². The van der Waals surface area contributed by atoms with Crippen molar-refractivity contribution in [1.29, 1.82) is 0 Å². The van der Waals surface area contributed by atoms with Gasteiger partial charge >= 0.3 is 0 Å². The molecular weight excluding hydrogens is 357 g/mol. The van der Waals surface area contributed by atoms with Crippen molar-refractivity contribution in [2.45, 2.75) is 11.4 Å². The minimum absolute atomic E-state index is 0.0938. The van der Waals surface area contributed by atoms with Gasteiger partial charge in [-0.25, -0.2) is 0 Å². The fraction of sp³-hybridized carbons (Fsp3) is 0.188. The topological polar surface area (TPSA) is 47.6 Å². The van der Waals surface area contributed by atoms with E-state index < -0.39 is 0 Å². The smallest absolute Gasteiger partial charge is 0.231 e. The number of carbonyl (C=O) groups excluding carboxylic acids is 1. The summed E-state index contributed by atoms with van der Waals surface area (Å²) in [6.07, 6.45) is 0. The van der Waals surface area contributed by atoms with E-state index in [1.807, 2.05) is 18.2 Å². The zero-order valence-corrected chi connectivity index (χ0v) is 14.3. The number of hydrogen-bond donors (Lipinski definition) is 1. The van der Waals surface area contributed by atoms with Crippen LogP contribution in [-0.4, -0.2) is 18.5 Å². The van der Waals surface area contributed by atoms with Gasteiger partial charge < -0.3 is 14.8 Å². The number of nitrogens with one attached hydrogen (secondary N) is 1. The average molecular weight is 370 g/mol. The Morgan fingerprint density at radius 1 is 1.13 bits per heavy atom. The van der Waals surface area contributed by atoms with Crippen LogP contribution in [0.25, 0.3) is 0 Å². The summed E-state index contributed by atoms with van der Waals surface area (Å²) < 4.78 is 10.6. The molecule has 1 aliphatic rings. The maximum Gasteiger partial charge on any atom is 0.231 e. The van der Waals surface area contributed by atoms with Gasteiger partial charge in [-0.3, -0.25) is 4.79 Å². The molecule has 3 rings (SSSR count). The maximum atomic E-state index is 12.0. The first-order valence-corrected chi connectivity index (χ1v) is 8.59. The molecule has 0 saturated heterocycles. The van der Waals surface area contributed by atoms with Gasteiger partial charge in [0.2, 0.25) is 12.7 Å². The first kappa shape index (κ1) is 16.3. The standard InChI is InChI=1S/C16H13Cl2NO3S/c17-11-2-1-3-12(18)16(11)23-8-15(20)19-7-10-4-5-13-14(6-10)22-9-21-13/h1-6H,7-9H2,(H,19,20). The van der Waals surface area contributed by atoms with E-state index >= 15 is 0 Å². The summed E-state index contributed by atoms with van der Waals surface area (Å²) in [6.45, 7) is 0.659. The zero-order chi connectivity index (χ0) is 16.2. The van der Waals surface area contributed by atoms with Gasteiger partial charge in [-0.2, -0.15) is 0 Å². The molecule has 4 nitrogen and oxygen atoms in total. The quantitative estimate of drug-likeness (QED) is 0.804. The van der Waals surface area contributed by atoms with Crippen LogP contribution in [0.5, 0.6) is 11.5 Å². The third-order valence-electron chi connectivity index (χ3n) is 3.19. The molecule has 1 amide bonds. The predicted molar refractivity (Wildman–Crippen MR) is 91.6 cm³/mol. The fourth-order valence-corrected chi connectivity index (χ4v) is 3.57. The number of hydrogen-bond acceptors (Lipinski definition) is 4. The molecule has 1 heterocycles. The highest BCUT2D eigenvalue weighted by molar-refractivity contribution is 8.00. The molecular formula is C16H13Cl2NO3S. The Morgan fingerprint density at radius 3 is 2.65 bits per heavy atom. The Bertz CT molecular complexity index is 719. The van der Waals surface area contributed by atoms with Crippen LogP contribution < -0.4 is 14.8 Å². The lowest BCUT2D eigenvalue weighted by atomic mass is 10.2. The van der Waals surface area contributed by atoms with E-state index in [2.05, 4.69) is 5.32 Å². The largest absolute Gasteiger partial charge is 0.454 e. The van der Waals surface area contributed by atoms with Crippen LogP contribution in [0.1, 0.15) is 5.56 Å². The second kappa shape index (κ2) is 7.34. The van der Waals surface area contributed by atoms with Crippen LogP contribution in [0.3, 0.4) is 0 Å². The molecule has 0 bridgehead atoms. The molecule has 0 spiro atoms. The van der Waals surface area contributed by atoms with Crippen LogP contribution in [-0.2, 0) is 11.3 Å². The van der Waals surface area contributed by atoms with E-state index in [0.29, 0.717) is 27.2 Å². The molecule has 1 N–H and O–H groups in total. The number of halogens is 2. The SMILES string of the molecule is O=C(CSc1c(Cl)cccc1Cl)NCc1ccc2c(c1)OCO2. The number of carbonyl (C=O) groups is 1. The molecule has 120 valence electrons. The molecule has 0 radical (unpaired) electrons. The first-order chi connectivity index (χ1) is 11.1. The predicted octanol–water partition coefficient (Wildman–Crippen LogP) is 4.13. The molecule has 0 aromatic heterocycles. The van der Waals surface area contributed by atoms with Crippen molar-refractivity contribution in [1.82, 2.24) is 5.32 Å². The van der Waals surface area contributed by atoms with Crippen molar-refractivity contribution in [2.24, 2.45) is 0 Å². The second-order valence-electron chi connectivity index (χ2n) is 4.80. The minimum atomic E-state index is -0.0938. The number of fused-ring (bicyclic) bond motifs is 1. The van der Waals surface area contributed by atoms with Gasteiger partial charge in [-0.05, 0) is 29.8 Å². The molecule has 7 heteroatoms. The summed E-state index contributed by atoms with van der Waals surface area (Å²) in [4.78, 5) is 12.7. The van der Waals surface area contributed by atoms with Crippen LogP contribution >= 0.6 is 35.0 Å². The van der Waals surface area contributed by atoms with E-state index in [9.17, 15) is 4.79 Å². The molecule has 1 aliphatic heterocycles. The highest BCUT2D eigenvalue weighted by atomic mass is 35.5. The molecule has 0 saturated carbocycles. The van der Waals surface area contributed by atoms with Gasteiger partial charge in [-0.1, -0.05) is 35.3 Å². The highest BCUT2D eigenvalue weighted by Crippen LogP contribution is 2.34. The normalized spacial score (nSPS) is 12.3. The Balaban J connectivity index is 1.52. The van der Waals surface area contributed by atoms with Crippen molar-refractivity contribution < 1.29 is 14.3 Å². The lowest BCUT2D eigenvalue weighted by Crippen LogP contribution is -2.24. The number of thioether (sulfide) groups is 1. The van der Waals surface area contributed by atoms with Crippen molar-refractivity contribution >= 4 is 40.9 Å². The Hall–Kier alpha value is -1.56. The van der Waals surface area contributed by atoms with E-state index in [1.165, 1.54) is 11.8 Å². The lowest BCUT2D eigenvalue weighted by Gasteiger charge is -2.08. The second-order valence-corrected chi connectivity index (χ2v) is 6.60. The van der Waals surface area contributed by atoms with Gasteiger partial charge in [-0.15, -0.1) is 11.8 Å². The van der Waals surface area contributed by atoms with Crippen molar-refractivity contribution in [3.05, 3.63) is 52.0 Å². The summed E-state index contributed by atoms with van der Waals surface area (Å²) in [5.41, 5.74) is 0.948. The lowest BCUT2D eigenvalue weighted by molar-refractivity contribution is -0.118. The van der Waals surface area contributed by atoms with E-state index in [-0.39, 0.29) is 18.5 Å². The summed E-state index contributed by atoms with van der Waals surface area (Å²) in [6, 6.07) is 10.9. The first-order valence-electron chi connectivity index (χ1n) is 6.85. The highest BCUT2D eigenvalue weighted by Gasteiger charge is 2.14. The van der Waals surface area contributed by atoms with Crippen molar-refractivity contribution in [3.63, 3.8) is 0 Å². The molecule has 2 aromatic carbocycles. The Labute approximate surface area is 148 Å². The number of amides is 1. The van der Waals surface area contributed by atoms with Gasteiger partial charge in [0.1, 0.15) is 0 Å². The van der Waals surface area contributed by atoms with Crippen LogP contribution in [0.15, 0.2) is 41.3 Å². The molecule has 23 heavy (non-hydrogen) atoms. The van der Waals surface area contributed by atoms with Crippen molar-refractivity contribution in [3.8, 4) is 11.5 Å². The fourth-order valence-electron chi connectivity index (χ4n) is 2.06. The Kier molecular flexibility index (Phi) is 5.20. The summed E-state index contributed by atoms with van der Waals surface area (Å²) in [5, 5.41) is 3.95. The van der Waals surface area contributed by atoms with E-state index in [1.54, 1.807) is 18.2 Å². The average Bonchev–Trinajstić information content (AvgIpc) is 3.00. The van der Waals surface area contributed by atoms with E-state index in [4.69, 9.17) is 32.7 Å². The molecule has 0 aliphatic carbocycles. The van der Waals surface area contributed by atoms with Gasteiger partial charge in [0, 0.05) is 11.4 Å². The summed E-state index contributed by atoms with van der Waals surface area (Å²) >= 11 is 13.5. The minimum Gasteiger partial charge on any atom is -0.454 e. The summed E-state index contributed by atoms with van der Waals surface area (Å²) in [7, 11) is 0. The molecule has 0 atom stereocenters. The number of rotatable bonds is 5. The monoisotopic (exact) mass is 369 g/mol. The number of ether oxygens (including phenoxy) is 2. The zero-order valence-electron chi connectivity index (χ0n) is 12.0. The number of benzene rings is 2. The van der Waals surface area contributed by atoms with Crippen LogP contribution in [0.4, 0.5) is 0 Å².